The minimum absolute atomic E-state index is 0.279. The van der Waals surface area contributed by atoms with Crippen LogP contribution in [0.15, 0.2) is 0 Å². The van der Waals surface area contributed by atoms with E-state index in [1.54, 1.807) is 13.8 Å². The van der Waals surface area contributed by atoms with Gasteiger partial charge in [-0.15, -0.1) is 0 Å². The second-order valence-electron chi connectivity index (χ2n) is 5.84. The van der Waals surface area contributed by atoms with Crippen molar-refractivity contribution in [2.75, 3.05) is 13.1 Å². The fourth-order valence-electron chi connectivity index (χ4n) is 2.69. The average Bonchev–Trinajstić information content (AvgIpc) is 2.76. The summed E-state index contributed by atoms with van der Waals surface area (Å²) >= 11 is 0. The van der Waals surface area contributed by atoms with Crippen molar-refractivity contribution in [1.29, 1.82) is 0 Å². The van der Waals surface area contributed by atoms with Gasteiger partial charge >= 0.3 is 12.1 Å². The molecule has 0 aromatic rings. The maximum Gasteiger partial charge on any atom is 0.406 e. The molecule has 0 saturated carbocycles. The highest BCUT2D eigenvalue weighted by molar-refractivity contribution is 5.89. The lowest BCUT2D eigenvalue weighted by atomic mass is 9.88. The smallest absolute Gasteiger partial charge is 0.406 e. The zero-order valence-electron chi connectivity index (χ0n) is 13.1. The molecule has 0 bridgehead atoms. The van der Waals surface area contributed by atoms with Gasteiger partial charge in [0.25, 0.3) is 0 Å². The van der Waals surface area contributed by atoms with Crippen LogP contribution in [0.1, 0.15) is 39.5 Å². The summed E-state index contributed by atoms with van der Waals surface area (Å²) in [5, 5.41) is 11.6. The monoisotopic (exact) mass is 338 g/mol. The quantitative estimate of drug-likeness (QED) is 0.737. The van der Waals surface area contributed by atoms with Crippen LogP contribution in [-0.2, 0) is 14.4 Å². The van der Waals surface area contributed by atoms with E-state index in [0.717, 1.165) is 0 Å². The number of aliphatic carboxylic acids is 1. The number of rotatable bonds is 7. The number of halogens is 3. The van der Waals surface area contributed by atoms with Crippen molar-refractivity contribution in [3.05, 3.63) is 0 Å². The molecular formula is C14H21F3N2O4. The molecule has 1 heterocycles. The molecule has 1 unspecified atom stereocenters. The van der Waals surface area contributed by atoms with Gasteiger partial charge in [-0.3, -0.25) is 14.4 Å². The second-order valence-corrected chi connectivity index (χ2v) is 5.84. The van der Waals surface area contributed by atoms with Crippen LogP contribution in [0.4, 0.5) is 13.2 Å². The van der Waals surface area contributed by atoms with Crippen LogP contribution in [0.25, 0.3) is 0 Å². The topological polar surface area (TPSA) is 86.7 Å². The van der Waals surface area contributed by atoms with Gasteiger partial charge in [0, 0.05) is 18.5 Å². The summed E-state index contributed by atoms with van der Waals surface area (Å²) in [6.45, 7) is 1.77. The number of alkyl halides is 3. The number of amides is 2. The number of carbonyl (C=O) groups excluding carboxylic acids is 2. The zero-order valence-corrected chi connectivity index (χ0v) is 13.1. The number of carboxylic acids is 1. The molecule has 2 amide bonds. The molecular weight excluding hydrogens is 317 g/mol. The molecule has 0 aromatic carbocycles. The van der Waals surface area contributed by atoms with E-state index in [-0.39, 0.29) is 19.4 Å². The van der Waals surface area contributed by atoms with Crippen molar-refractivity contribution in [1.82, 2.24) is 10.2 Å². The molecule has 23 heavy (non-hydrogen) atoms. The molecule has 9 heteroatoms. The third kappa shape index (κ3) is 5.40. The number of nitrogens with zero attached hydrogens (tertiary/aromatic N) is 1. The van der Waals surface area contributed by atoms with Gasteiger partial charge in [0.2, 0.25) is 11.8 Å². The van der Waals surface area contributed by atoms with E-state index >= 15 is 0 Å². The van der Waals surface area contributed by atoms with Crippen LogP contribution in [-0.4, -0.2) is 52.6 Å². The summed E-state index contributed by atoms with van der Waals surface area (Å²) in [5.41, 5.74) is -0.955. The first kappa shape index (κ1) is 19.2. The van der Waals surface area contributed by atoms with Gasteiger partial charge in [-0.05, 0) is 12.8 Å². The number of carbonyl (C=O) groups is 3. The van der Waals surface area contributed by atoms with Crippen molar-refractivity contribution in [2.24, 2.45) is 5.92 Å². The van der Waals surface area contributed by atoms with Gasteiger partial charge < -0.3 is 15.3 Å². The Kier molecular flexibility index (Phi) is 6.01. The molecule has 0 radical (unpaired) electrons. The Morgan fingerprint density at radius 2 is 1.87 bits per heavy atom. The average molecular weight is 338 g/mol. The van der Waals surface area contributed by atoms with Crippen molar-refractivity contribution in [3.63, 3.8) is 0 Å². The van der Waals surface area contributed by atoms with Crippen molar-refractivity contribution in [3.8, 4) is 0 Å². The molecule has 2 N–H and O–H groups in total. The number of hydrogen-bond acceptors (Lipinski definition) is 3. The van der Waals surface area contributed by atoms with E-state index in [4.69, 9.17) is 5.11 Å². The van der Waals surface area contributed by atoms with Gasteiger partial charge in [-0.25, -0.2) is 0 Å². The fraction of sp³-hybridized carbons (Fsp3) is 0.786. The van der Waals surface area contributed by atoms with Crippen LogP contribution in [0.3, 0.4) is 0 Å². The molecule has 0 aromatic heterocycles. The molecule has 1 aliphatic rings. The van der Waals surface area contributed by atoms with E-state index < -0.39 is 42.0 Å². The SMILES string of the molecule is CCC(CC)(CC(=O)O)NC(=O)C1CC(=O)N(CC(F)(F)F)C1. The largest absolute Gasteiger partial charge is 0.481 e. The minimum atomic E-state index is -4.51. The Labute approximate surface area is 132 Å². The third-order valence-corrected chi connectivity index (χ3v) is 4.19. The van der Waals surface area contributed by atoms with Gasteiger partial charge in [0.1, 0.15) is 6.54 Å². The summed E-state index contributed by atoms with van der Waals surface area (Å²) in [6.07, 6.45) is -4.35. The maximum absolute atomic E-state index is 12.4. The van der Waals surface area contributed by atoms with Crippen LogP contribution < -0.4 is 5.32 Å². The normalized spacial score (nSPS) is 19.1. The summed E-state index contributed by atoms with van der Waals surface area (Å²) in [4.78, 5) is 35.4. The van der Waals surface area contributed by atoms with Crippen LogP contribution in [0.5, 0.6) is 0 Å². The van der Waals surface area contributed by atoms with Crippen LogP contribution >= 0.6 is 0 Å². The molecule has 1 fully saturated rings. The molecule has 132 valence electrons. The standard InChI is InChI=1S/C14H21F3N2O4/c1-3-13(4-2,6-11(21)22)18-12(23)9-5-10(20)19(7-9)8-14(15,16)17/h9H,3-8H2,1-2H3,(H,18,23)(H,21,22). The summed E-state index contributed by atoms with van der Waals surface area (Å²) in [5.74, 6) is -3.27. The van der Waals surface area contributed by atoms with Crippen LogP contribution in [0.2, 0.25) is 0 Å². The summed E-state index contributed by atoms with van der Waals surface area (Å²) in [6, 6.07) is 0. The van der Waals surface area contributed by atoms with Gasteiger partial charge in [-0.1, -0.05) is 13.8 Å². The Balaban J connectivity index is 2.74. The predicted octanol–water partition coefficient (Wildman–Crippen LogP) is 1.55. The van der Waals surface area contributed by atoms with Gasteiger partial charge in [0.05, 0.1) is 12.3 Å². The van der Waals surface area contributed by atoms with E-state index in [1.165, 1.54) is 0 Å². The Morgan fingerprint density at radius 3 is 2.30 bits per heavy atom. The van der Waals surface area contributed by atoms with Crippen molar-refractivity contribution in [2.45, 2.75) is 51.2 Å². The number of hydrogen-bond donors (Lipinski definition) is 2. The first-order valence-corrected chi connectivity index (χ1v) is 7.40. The van der Waals surface area contributed by atoms with Crippen molar-refractivity contribution < 1.29 is 32.7 Å². The lowest BCUT2D eigenvalue weighted by Crippen LogP contribution is -2.51. The highest BCUT2D eigenvalue weighted by Gasteiger charge is 2.42. The molecule has 0 aliphatic carbocycles. The molecule has 6 nitrogen and oxygen atoms in total. The molecule has 1 rings (SSSR count). The van der Waals surface area contributed by atoms with E-state index in [1.807, 2.05) is 0 Å². The second kappa shape index (κ2) is 7.18. The zero-order chi connectivity index (χ0) is 17.8. The minimum Gasteiger partial charge on any atom is -0.481 e. The Hall–Kier alpha value is -1.80. The van der Waals surface area contributed by atoms with E-state index in [2.05, 4.69) is 5.32 Å². The molecule has 1 aliphatic heterocycles. The number of carboxylic acid groups (broad SMARTS) is 1. The molecule has 1 saturated heterocycles. The third-order valence-electron chi connectivity index (χ3n) is 4.19. The first-order valence-electron chi connectivity index (χ1n) is 7.40. The Bertz CT molecular complexity index is 475. The maximum atomic E-state index is 12.4. The lowest BCUT2D eigenvalue weighted by molar-refractivity contribution is -0.157. The van der Waals surface area contributed by atoms with Gasteiger partial charge in [-0.2, -0.15) is 13.2 Å². The van der Waals surface area contributed by atoms with Gasteiger partial charge in [0.15, 0.2) is 0 Å². The van der Waals surface area contributed by atoms with E-state index in [0.29, 0.717) is 17.7 Å². The van der Waals surface area contributed by atoms with E-state index in [9.17, 15) is 27.6 Å². The molecule has 1 atom stereocenters. The highest BCUT2D eigenvalue weighted by Crippen LogP contribution is 2.26. The molecule has 0 spiro atoms. The summed E-state index contributed by atoms with van der Waals surface area (Å²) < 4.78 is 37.1. The number of nitrogens with one attached hydrogen (secondary N) is 1. The first-order chi connectivity index (χ1) is 10.5. The summed E-state index contributed by atoms with van der Waals surface area (Å²) in [7, 11) is 0. The fourth-order valence-corrected chi connectivity index (χ4v) is 2.69. The lowest BCUT2D eigenvalue weighted by Gasteiger charge is -2.32. The van der Waals surface area contributed by atoms with Crippen molar-refractivity contribution >= 4 is 17.8 Å². The highest BCUT2D eigenvalue weighted by atomic mass is 19.4. The predicted molar refractivity (Wildman–Crippen MR) is 74.5 cm³/mol. The number of likely N-dealkylation sites (tertiary alicyclic amines) is 1. The van der Waals surface area contributed by atoms with Crippen LogP contribution in [0, 0.1) is 5.92 Å². The Morgan fingerprint density at radius 1 is 1.30 bits per heavy atom.